The quantitative estimate of drug-likeness (QED) is 0.904. The third-order valence-electron chi connectivity index (χ3n) is 4.86. The summed E-state index contributed by atoms with van der Waals surface area (Å²) in [6.45, 7) is 8.26. The summed E-state index contributed by atoms with van der Waals surface area (Å²) in [7, 11) is 0. The molecule has 0 saturated carbocycles. The first-order chi connectivity index (χ1) is 10.9. The molecular formula is C21H22O2. The number of benzene rings is 2. The predicted molar refractivity (Wildman–Crippen MR) is 94.3 cm³/mol. The zero-order valence-electron chi connectivity index (χ0n) is 14.1. The fraction of sp³-hybridized carbons (Fsp3) is 0.286. The van der Waals surface area contributed by atoms with Crippen LogP contribution in [-0.4, -0.2) is 17.0 Å². The summed E-state index contributed by atoms with van der Waals surface area (Å²) in [5.41, 5.74) is 8.33. The summed E-state index contributed by atoms with van der Waals surface area (Å²) in [4.78, 5) is 12.6. The molecular weight excluding hydrogens is 284 g/mol. The molecule has 2 aromatic rings. The molecule has 0 aromatic heterocycles. The van der Waals surface area contributed by atoms with Crippen LogP contribution in [0.15, 0.2) is 36.4 Å². The van der Waals surface area contributed by atoms with Crippen molar-refractivity contribution in [2.75, 3.05) is 0 Å². The van der Waals surface area contributed by atoms with Crippen LogP contribution in [-0.2, 0) is 4.79 Å². The van der Waals surface area contributed by atoms with Gasteiger partial charge < -0.3 is 5.11 Å². The molecule has 2 heteroatoms. The molecule has 0 radical (unpaired) electrons. The second-order valence-corrected chi connectivity index (χ2v) is 6.54. The van der Waals surface area contributed by atoms with Crippen LogP contribution < -0.4 is 0 Å². The summed E-state index contributed by atoms with van der Waals surface area (Å²) in [6.07, 6.45) is -0.536. The van der Waals surface area contributed by atoms with Crippen LogP contribution in [0.3, 0.4) is 0 Å². The van der Waals surface area contributed by atoms with Gasteiger partial charge in [-0.25, -0.2) is 0 Å². The molecule has 118 valence electrons. The topological polar surface area (TPSA) is 37.3 Å². The van der Waals surface area contributed by atoms with Gasteiger partial charge in [-0.15, -0.1) is 0 Å². The molecule has 3 rings (SSSR count). The number of aliphatic hydroxyl groups is 1. The van der Waals surface area contributed by atoms with Crippen LogP contribution in [0.5, 0.6) is 0 Å². The summed E-state index contributed by atoms with van der Waals surface area (Å²) < 4.78 is 0. The number of hydrogen-bond donors (Lipinski definition) is 1. The van der Waals surface area contributed by atoms with E-state index in [0.717, 1.165) is 16.7 Å². The van der Waals surface area contributed by atoms with Crippen molar-refractivity contribution < 1.29 is 9.90 Å². The minimum absolute atomic E-state index is 0.164. The summed E-state index contributed by atoms with van der Waals surface area (Å²) in [5, 5.41) is 10.1. The first-order valence-corrected chi connectivity index (χ1v) is 7.99. The average Bonchev–Trinajstić information content (AvgIpc) is 2.81. The minimum atomic E-state index is -0.928. The Kier molecular flexibility index (Phi) is 3.95. The minimum Gasteiger partial charge on any atom is -0.385 e. The third kappa shape index (κ3) is 2.75. The molecule has 1 unspecified atom stereocenters. The van der Waals surface area contributed by atoms with E-state index in [2.05, 4.69) is 32.9 Å². The van der Waals surface area contributed by atoms with Gasteiger partial charge in [0.15, 0.2) is 5.78 Å². The molecule has 1 atom stereocenters. The number of Topliss-reactive ketones (excluding diaryl/α,β-unsaturated/α-hetero) is 1. The molecule has 1 N–H and O–H groups in total. The highest BCUT2D eigenvalue weighted by atomic mass is 16.3. The molecule has 23 heavy (non-hydrogen) atoms. The number of rotatable bonds is 2. The molecule has 0 aliphatic heterocycles. The van der Waals surface area contributed by atoms with E-state index in [4.69, 9.17) is 0 Å². The summed E-state index contributed by atoms with van der Waals surface area (Å²) in [6, 6.07) is 12.3. The smallest absolute Gasteiger partial charge is 0.192 e. The van der Waals surface area contributed by atoms with Gasteiger partial charge >= 0.3 is 0 Å². The Labute approximate surface area is 137 Å². The molecule has 1 aliphatic rings. The predicted octanol–water partition coefficient (Wildman–Crippen LogP) is 4.16. The molecule has 0 spiro atoms. The van der Waals surface area contributed by atoms with Gasteiger partial charge in [0.1, 0.15) is 6.10 Å². The van der Waals surface area contributed by atoms with E-state index in [1.807, 2.05) is 31.2 Å². The average molecular weight is 306 g/mol. The molecule has 0 bridgehead atoms. The van der Waals surface area contributed by atoms with E-state index in [0.29, 0.717) is 12.0 Å². The fourth-order valence-corrected chi connectivity index (χ4v) is 3.22. The second-order valence-electron chi connectivity index (χ2n) is 6.54. The standard InChI is InChI=1S/C21H22O2/c1-12-5-7-16(8-6-12)18-11-19(22)21(23)20(18)17-9-13(2)15(4)14(3)10-17/h5-10,19,22H,11H2,1-4H3. The van der Waals surface area contributed by atoms with Crippen molar-refractivity contribution in [1.29, 1.82) is 0 Å². The van der Waals surface area contributed by atoms with Crippen LogP contribution in [0.1, 0.15) is 39.8 Å². The highest BCUT2D eigenvalue weighted by Crippen LogP contribution is 2.38. The van der Waals surface area contributed by atoms with E-state index in [-0.39, 0.29) is 5.78 Å². The Morgan fingerprint density at radius 1 is 0.913 bits per heavy atom. The first-order valence-electron chi connectivity index (χ1n) is 7.99. The Morgan fingerprint density at radius 2 is 1.48 bits per heavy atom. The Bertz CT molecular complexity index is 787. The highest BCUT2D eigenvalue weighted by molar-refractivity contribution is 6.33. The third-order valence-corrected chi connectivity index (χ3v) is 4.86. The molecule has 2 nitrogen and oxygen atoms in total. The number of carbonyl (C=O) groups excluding carboxylic acids is 1. The van der Waals surface area contributed by atoms with Crippen LogP contribution >= 0.6 is 0 Å². The van der Waals surface area contributed by atoms with E-state index in [1.54, 1.807) is 0 Å². The van der Waals surface area contributed by atoms with Gasteiger partial charge in [-0.3, -0.25) is 4.79 Å². The van der Waals surface area contributed by atoms with Gasteiger partial charge in [0.2, 0.25) is 0 Å². The molecule has 0 saturated heterocycles. The van der Waals surface area contributed by atoms with Crippen LogP contribution in [0, 0.1) is 27.7 Å². The molecule has 0 heterocycles. The van der Waals surface area contributed by atoms with Gasteiger partial charge in [0, 0.05) is 12.0 Å². The van der Waals surface area contributed by atoms with Crippen molar-refractivity contribution in [3.63, 3.8) is 0 Å². The summed E-state index contributed by atoms with van der Waals surface area (Å²) >= 11 is 0. The number of hydrogen-bond acceptors (Lipinski definition) is 2. The molecule has 2 aromatic carbocycles. The maximum Gasteiger partial charge on any atom is 0.192 e. The van der Waals surface area contributed by atoms with Crippen molar-refractivity contribution >= 4 is 16.9 Å². The normalized spacial score (nSPS) is 18.0. The fourth-order valence-electron chi connectivity index (χ4n) is 3.22. The van der Waals surface area contributed by atoms with E-state index in [9.17, 15) is 9.90 Å². The number of ketones is 1. The van der Waals surface area contributed by atoms with Crippen LogP contribution in [0.2, 0.25) is 0 Å². The maximum atomic E-state index is 12.6. The number of aryl methyl sites for hydroxylation is 3. The van der Waals surface area contributed by atoms with Gasteiger partial charge in [0.05, 0.1) is 0 Å². The lowest BCUT2D eigenvalue weighted by atomic mass is 9.92. The highest BCUT2D eigenvalue weighted by Gasteiger charge is 2.33. The molecule has 0 fully saturated rings. The monoisotopic (exact) mass is 306 g/mol. The Hall–Kier alpha value is -2.19. The van der Waals surface area contributed by atoms with Gasteiger partial charge in [-0.05, 0) is 61.1 Å². The van der Waals surface area contributed by atoms with Gasteiger partial charge in [0.25, 0.3) is 0 Å². The van der Waals surface area contributed by atoms with Crippen molar-refractivity contribution in [2.24, 2.45) is 0 Å². The van der Waals surface area contributed by atoms with E-state index < -0.39 is 6.10 Å². The lowest BCUT2D eigenvalue weighted by Crippen LogP contribution is -2.14. The van der Waals surface area contributed by atoms with Crippen molar-refractivity contribution in [3.8, 4) is 0 Å². The number of carbonyl (C=O) groups is 1. The number of aliphatic hydroxyl groups excluding tert-OH is 1. The lowest BCUT2D eigenvalue weighted by molar-refractivity contribution is -0.120. The first kappa shape index (κ1) is 15.7. The van der Waals surface area contributed by atoms with Gasteiger partial charge in [-0.2, -0.15) is 0 Å². The lowest BCUT2D eigenvalue weighted by Gasteiger charge is -2.12. The zero-order valence-corrected chi connectivity index (χ0v) is 14.1. The van der Waals surface area contributed by atoms with Crippen molar-refractivity contribution in [2.45, 2.75) is 40.2 Å². The Balaban J connectivity index is 2.21. The van der Waals surface area contributed by atoms with Gasteiger partial charge in [-0.1, -0.05) is 42.0 Å². The van der Waals surface area contributed by atoms with E-state index >= 15 is 0 Å². The SMILES string of the molecule is Cc1ccc(C2=C(c3cc(C)c(C)c(C)c3)C(=O)C(O)C2)cc1. The zero-order chi connectivity index (χ0) is 16.7. The molecule has 0 amide bonds. The van der Waals surface area contributed by atoms with Crippen molar-refractivity contribution in [3.05, 3.63) is 69.8 Å². The van der Waals surface area contributed by atoms with E-state index in [1.165, 1.54) is 22.3 Å². The maximum absolute atomic E-state index is 12.6. The molecule has 1 aliphatic carbocycles. The Morgan fingerprint density at radius 3 is 2.04 bits per heavy atom. The van der Waals surface area contributed by atoms with Crippen LogP contribution in [0.4, 0.5) is 0 Å². The van der Waals surface area contributed by atoms with Crippen molar-refractivity contribution in [1.82, 2.24) is 0 Å². The largest absolute Gasteiger partial charge is 0.385 e. The summed E-state index contributed by atoms with van der Waals surface area (Å²) in [5.74, 6) is -0.164. The van der Waals surface area contributed by atoms with Crippen LogP contribution in [0.25, 0.3) is 11.1 Å². The second kappa shape index (κ2) is 5.78.